The summed E-state index contributed by atoms with van der Waals surface area (Å²) in [6, 6.07) is 32.1. The van der Waals surface area contributed by atoms with Gasteiger partial charge in [0.15, 0.2) is 0 Å². The molecule has 0 fully saturated rings. The average Bonchev–Trinajstić information content (AvgIpc) is 3.71. The summed E-state index contributed by atoms with van der Waals surface area (Å²) in [6.45, 7) is 0. The van der Waals surface area contributed by atoms with Crippen LogP contribution in [-0.2, 0) is 47.1 Å². The Balaban J connectivity index is 0.000000584. The standard InChI is InChI=1S/C18H14.C9H7.C5H5.CH3.4ClH.2Zr/c1-3-7-15-13(5-1)9-11-17(15)18-12-10-14-6-2-4-8-16(14)18;1-2-5-9-7-3-6-8(9)4-1;1-2-4-5-3-1;;;;;;;/h1-12,17-18H;1-7H;1-3H,4H2;1H3;4*1H;;/q;3*-1;;;;;+3;+4/p-4. The van der Waals surface area contributed by atoms with Gasteiger partial charge in [0.05, 0.1) is 0 Å². The molecule has 0 heterocycles. The average molecular weight is 750 g/mol. The van der Waals surface area contributed by atoms with Crippen LogP contribution in [0.3, 0.4) is 0 Å². The second-order valence-corrected chi connectivity index (χ2v) is 12.0. The molecule has 0 spiro atoms. The van der Waals surface area contributed by atoms with Crippen LogP contribution in [0, 0.1) is 13.5 Å². The number of fused-ring (bicyclic) bond motifs is 3. The Morgan fingerprint density at radius 3 is 1.72 bits per heavy atom. The SMILES string of the molecule is C1=CC(C2C=Cc3ccccc32)c2ccccc21.[C-]1=CC=CC1.[CH3-].[Cl-].[Cl-].[Cl][Zr+2][Cl].[Zr+3].c1ccc2[cH-]ccc2c1. The molecule has 39 heavy (non-hydrogen) atoms. The van der Waals surface area contributed by atoms with E-state index in [-0.39, 0.29) is 58.4 Å². The van der Waals surface area contributed by atoms with E-state index in [2.05, 4.69) is 127 Å². The molecule has 2 unspecified atom stereocenters. The van der Waals surface area contributed by atoms with E-state index in [9.17, 15) is 0 Å². The normalized spacial score (nSPS) is 15.5. The van der Waals surface area contributed by atoms with Crippen molar-refractivity contribution in [1.82, 2.24) is 0 Å². The van der Waals surface area contributed by atoms with Gasteiger partial charge in [0.25, 0.3) is 0 Å². The summed E-state index contributed by atoms with van der Waals surface area (Å²) in [7, 11) is 9.87. The summed E-state index contributed by atoms with van der Waals surface area (Å²) in [5.74, 6) is 1.00. The molecule has 0 saturated heterocycles. The first-order valence-corrected chi connectivity index (χ1v) is 18.0. The second-order valence-electron chi connectivity index (χ2n) is 8.26. The van der Waals surface area contributed by atoms with Gasteiger partial charge in [-0.25, -0.2) is 12.2 Å². The molecule has 0 aliphatic heterocycles. The van der Waals surface area contributed by atoms with E-state index < -0.39 is 20.8 Å². The van der Waals surface area contributed by atoms with Gasteiger partial charge in [0.1, 0.15) is 0 Å². The molecule has 7 rings (SSSR count). The molecule has 3 aliphatic carbocycles. The Kier molecular flexibility index (Phi) is 20.5. The zero-order chi connectivity index (χ0) is 24.3. The first-order valence-electron chi connectivity index (χ1n) is 11.6. The van der Waals surface area contributed by atoms with Gasteiger partial charge in [-0.1, -0.05) is 78.9 Å². The molecular weight excluding hydrogens is 721 g/mol. The number of hydrogen-bond donors (Lipinski definition) is 0. The Bertz CT molecular complexity index is 1250. The molecule has 0 nitrogen and oxygen atoms in total. The second kappa shape index (κ2) is 20.9. The van der Waals surface area contributed by atoms with E-state index in [1.54, 1.807) is 0 Å². The van der Waals surface area contributed by atoms with E-state index in [0.29, 0.717) is 11.8 Å². The summed E-state index contributed by atoms with van der Waals surface area (Å²) in [5, 5.41) is 2.66. The molecule has 2 atom stereocenters. The summed E-state index contributed by atoms with van der Waals surface area (Å²) in [5.41, 5.74) is 5.67. The smallest absolute Gasteiger partial charge is 0.168 e. The van der Waals surface area contributed by atoms with Crippen LogP contribution in [0.1, 0.15) is 40.5 Å². The van der Waals surface area contributed by atoms with Crippen LogP contribution in [0.2, 0.25) is 0 Å². The van der Waals surface area contributed by atoms with Crippen LogP contribution in [0.25, 0.3) is 22.9 Å². The number of hydrogen-bond acceptors (Lipinski definition) is 0. The molecule has 1 radical (unpaired) electrons. The fourth-order valence-electron chi connectivity index (χ4n) is 4.59. The fourth-order valence-corrected chi connectivity index (χ4v) is 4.59. The van der Waals surface area contributed by atoms with Crippen molar-refractivity contribution in [2.75, 3.05) is 0 Å². The third-order valence-electron chi connectivity index (χ3n) is 6.20. The van der Waals surface area contributed by atoms with E-state index >= 15 is 0 Å². The Hall–Kier alpha value is -0.844. The van der Waals surface area contributed by atoms with Crippen molar-refractivity contribution < 1.29 is 71.9 Å². The van der Waals surface area contributed by atoms with Crippen LogP contribution in [0.15, 0.2) is 121 Å². The minimum atomic E-state index is -0.826. The van der Waals surface area contributed by atoms with E-state index in [1.165, 1.54) is 33.0 Å². The molecule has 0 bridgehead atoms. The Morgan fingerprint density at radius 2 is 1.26 bits per heavy atom. The summed E-state index contributed by atoms with van der Waals surface area (Å²) in [6.07, 6.45) is 19.2. The maximum atomic E-state index is 4.93. The predicted octanol–water partition coefficient (Wildman–Crippen LogP) is 4.30. The van der Waals surface area contributed by atoms with Crippen LogP contribution < -0.4 is 24.8 Å². The molecule has 6 heteroatoms. The largest absolute Gasteiger partial charge is 3.00 e. The zero-order valence-corrected chi connectivity index (χ0v) is 29.5. The molecule has 0 amide bonds. The van der Waals surface area contributed by atoms with E-state index in [4.69, 9.17) is 17.0 Å². The first-order chi connectivity index (χ1) is 17.3. The topological polar surface area (TPSA) is 0 Å². The minimum absolute atomic E-state index is 0. The molecule has 4 aromatic rings. The van der Waals surface area contributed by atoms with Crippen LogP contribution in [0.5, 0.6) is 0 Å². The molecule has 0 saturated carbocycles. The van der Waals surface area contributed by atoms with Crippen LogP contribution in [-0.4, -0.2) is 0 Å². The molecular formula is C33H29Cl4Zr2. The van der Waals surface area contributed by atoms with Crippen molar-refractivity contribution >= 4 is 40.0 Å². The predicted molar refractivity (Wildman–Crippen MR) is 156 cm³/mol. The molecule has 0 N–H and O–H groups in total. The van der Waals surface area contributed by atoms with Gasteiger partial charge < -0.3 is 32.2 Å². The van der Waals surface area contributed by atoms with Gasteiger partial charge in [0.2, 0.25) is 0 Å². The fraction of sp³-hybridized carbons (Fsp3) is 0.0909. The Morgan fingerprint density at radius 1 is 0.744 bits per heavy atom. The van der Waals surface area contributed by atoms with Gasteiger partial charge in [-0.2, -0.15) is 23.6 Å². The quantitative estimate of drug-likeness (QED) is 0.255. The minimum Gasteiger partial charge on any atom is -0.168 e. The monoisotopic (exact) mass is 745 g/mol. The van der Waals surface area contributed by atoms with Gasteiger partial charge >= 0.3 is 64.1 Å². The Labute approximate surface area is 284 Å². The summed E-state index contributed by atoms with van der Waals surface area (Å²) < 4.78 is 0. The van der Waals surface area contributed by atoms with Crippen molar-refractivity contribution in [3.8, 4) is 0 Å². The van der Waals surface area contributed by atoms with E-state index in [0.717, 1.165) is 6.42 Å². The van der Waals surface area contributed by atoms with Crippen molar-refractivity contribution in [3.05, 3.63) is 157 Å². The van der Waals surface area contributed by atoms with Crippen molar-refractivity contribution in [2.24, 2.45) is 0 Å². The zero-order valence-electron chi connectivity index (χ0n) is 21.6. The third-order valence-corrected chi connectivity index (χ3v) is 6.20. The molecule has 197 valence electrons. The van der Waals surface area contributed by atoms with Crippen LogP contribution >= 0.6 is 17.0 Å². The maximum absolute atomic E-state index is 4.93. The van der Waals surface area contributed by atoms with Crippen LogP contribution in [0.4, 0.5) is 0 Å². The van der Waals surface area contributed by atoms with Crippen molar-refractivity contribution in [2.45, 2.75) is 18.3 Å². The third kappa shape index (κ3) is 10.8. The number of benzene rings is 3. The van der Waals surface area contributed by atoms with Crippen molar-refractivity contribution in [1.29, 1.82) is 0 Å². The van der Waals surface area contributed by atoms with Gasteiger partial charge in [-0.05, 0) is 22.3 Å². The van der Waals surface area contributed by atoms with Gasteiger partial charge in [0, 0.05) is 11.8 Å². The number of rotatable bonds is 1. The molecule has 4 aromatic carbocycles. The van der Waals surface area contributed by atoms with Gasteiger partial charge in [-0.3, -0.25) is 6.08 Å². The number of allylic oxidation sites excluding steroid dienone is 6. The first kappa shape index (κ1) is 38.2. The maximum Gasteiger partial charge on any atom is 3.00 e. The molecule has 0 aromatic heterocycles. The van der Waals surface area contributed by atoms with Gasteiger partial charge in [-0.15, -0.1) is 36.1 Å². The van der Waals surface area contributed by atoms with Crippen molar-refractivity contribution in [3.63, 3.8) is 0 Å². The van der Waals surface area contributed by atoms with E-state index in [1.807, 2.05) is 12.2 Å². The summed E-state index contributed by atoms with van der Waals surface area (Å²) >= 11 is -0.826. The summed E-state index contributed by atoms with van der Waals surface area (Å²) in [4.78, 5) is 0. The molecule has 3 aliphatic rings. The number of halogens is 4.